The Bertz CT molecular complexity index is 740. The first-order valence-electron chi connectivity index (χ1n) is 9.58. The number of likely N-dealkylation sites (tertiary alicyclic amines) is 2. The molecule has 0 aromatic carbocycles. The molecular weight excluding hydrogens is 332 g/mol. The van der Waals surface area contributed by atoms with Gasteiger partial charge >= 0.3 is 0 Å². The third kappa shape index (κ3) is 3.82. The lowest BCUT2D eigenvalue weighted by atomic mass is 9.97. The molecule has 140 valence electrons. The molecule has 2 saturated heterocycles. The highest BCUT2D eigenvalue weighted by atomic mass is 16.4. The van der Waals surface area contributed by atoms with E-state index in [1.165, 1.54) is 6.42 Å². The maximum absolute atomic E-state index is 12.5. The zero-order valence-corrected chi connectivity index (χ0v) is 15.3. The van der Waals surface area contributed by atoms with E-state index in [0.29, 0.717) is 11.7 Å². The Labute approximate surface area is 153 Å². The molecule has 7 nitrogen and oxygen atoms in total. The summed E-state index contributed by atoms with van der Waals surface area (Å²) in [6.07, 6.45) is 8.67. The molecule has 0 saturated carbocycles. The number of hydrogen-bond donors (Lipinski definition) is 0. The van der Waals surface area contributed by atoms with Crippen LogP contribution >= 0.6 is 0 Å². The molecule has 4 rings (SSSR count). The molecule has 2 aromatic heterocycles. The van der Waals surface area contributed by atoms with Crippen LogP contribution < -0.4 is 0 Å². The van der Waals surface area contributed by atoms with Crippen LogP contribution in [0.5, 0.6) is 0 Å². The van der Waals surface area contributed by atoms with Gasteiger partial charge in [0, 0.05) is 19.0 Å². The summed E-state index contributed by atoms with van der Waals surface area (Å²) in [7, 11) is 0. The molecule has 2 aromatic rings. The predicted molar refractivity (Wildman–Crippen MR) is 94.7 cm³/mol. The lowest BCUT2D eigenvalue weighted by Crippen LogP contribution is -2.35. The Morgan fingerprint density at radius 2 is 1.85 bits per heavy atom. The van der Waals surface area contributed by atoms with E-state index in [4.69, 9.17) is 8.83 Å². The van der Waals surface area contributed by atoms with E-state index >= 15 is 0 Å². The Morgan fingerprint density at radius 3 is 2.54 bits per heavy atom. The number of carbonyl (C=O) groups is 1. The summed E-state index contributed by atoms with van der Waals surface area (Å²) in [6.45, 7) is 6.20. The molecule has 7 heteroatoms. The van der Waals surface area contributed by atoms with Gasteiger partial charge in [0.1, 0.15) is 5.76 Å². The maximum atomic E-state index is 12.5. The van der Waals surface area contributed by atoms with Crippen LogP contribution in [-0.4, -0.2) is 51.9 Å². The van der Waals surface area contributed by atoms with Crippen molar-refractivity contribution in [3.63, 3.8) is 0 Å². The van der Waals surface area contributed by atoms with Crippen molar-refractivity contribution in [2.45, 2.75) is 51.5 Å². The van der Waals surface area contributed by atoms with Crippen LogP contribution in [0.4, 0.5) is 0 Å². The van der Waals surface area contributed by atoms with Crippen molar-refractivity contribution in [1.82, 2.24) is 19.8 Å². The van der Waals surface area contributed by atoms with Gasteiger partial charge in [-0.25, -0.2) is 9.97 Å². The van der Waals surface area contributed by atoms with E-state index in [9.17, 15) is 4.79 Å². The van der Waals surface area contributed by atoms with Crippen molar-refractivity contribution in [3.05, 3.63) is 35.7 Å². The summed E-state index contributed by atoms with van der Waals surface area (Å²) in [5.74, 6) is 2.98. The molecule has 0 unspecified atom stereocenters. The quantitative estimate of drug-likeness (QED) is 0.836. The number of aryl methyl sites for hydroxylation is 1. The lowest BCUT2D eigenvalue weighted by molar-refractivity contribution is 0.0688. The highest BCUT2D eigenvalue weighted by Crippen LogP contribution is 2.28. The summed E-state index contributed by atoms with van der Waals surface area (Å²) >= 11 is 0. The van der Waals surface area contributed by atoms with Crippen molar-refractivity contribution < 1.29 is 13.6 Å². The number of amides is 1. The average Bonchev–Trinajstić information content (AvgIpc) is 3.32. The SMILES string of the molecule is Cc1cnc(CN2CCC(c3ncc(C(=O)N4CCCCC4)o3)CC2)o1. The Morgan fingerprint density at radius 1 is 1.08 bits per heavy atom. The second-order valence-corrected chi connectivity index (χ2v) is 7.33. The van der Waals surface area contributed by atoms with Gasteiger partial charge < -0.3 is 13.7 Å². The molecular formula is C19H26N4O3. The van der Waals surface area contributed by atoms with E-state index in [0.717, 1.165) is 70.1 Å². The molecule has 1 amide bonds. The fourth-order valence-corrected chi connectivity index (χ4v) is 3.83. The molecule has 0 radical (unpaired) electrons. The molecule has 2 aliphatic rings. The summed E-state index contributed by atoms with van der Waals surface area (Å²) in [5.41, 5.74) is 0. The summed E-state index contributed by atoms with van der Waals surface area (Å²) in [4.78, 5) is 25.4. The fourth-order valence-electron chi connectivity index (χ4n) is 3.83. The summed E-state index contributed by atoms with van der Waals surface area (Å²) in [5, 5.41) is 0. The second-order valence-electron chi connectivity index (χ2n) is 7.33. The van der Waals surface area contributed by atoms with Crippen molar-refractivity contribution >= 4 is 5.91 Å². The molecule has 0 aliphatic carbocycles. The number of carbonyl (C=O) groups excluding carboxylic acids is 1. The van der Waals surface area contributed by atoms with Crippen LogP contribution in [0.1, 0.15) is 66.1 Å². The van der Waals surface area contributed by atoms with Gasteiger partial charge in [-0.1, -0.05) is 0 Å². The van der Waals surface area contributed by atoms with Gasteiger partial charge in [0.15, 0.2) is 5.89 Å². The van der Waals surface area contributed by atoms with Gasteiger partial charge in [0.2, 0.25) is 11.7 Å². The topological polar surface area (TPSA) is 75.6 Å². The van der Waals surface area contributed by atoms with E-state index in [2.05, 4.69) is 14.9 Å². The normalized spacial score (nSPS) is 19.8. The standard InChI is InChI=1S/C19H26N4O3/c1-14-11-20-17(25-14)13-22-9-5-15(6-10-22)18-21-12-16(26-18)19(24)23-7-3-2-4-8-23/h11-12,15H,2-10,13H2,1H3. The van der Waals surface area contributed by atoms with Gasteiger partial charge in [-0.05, 0) is 52.1 Å². The van der Waals surface area contributed by atoms with Crippen LogP contribution in [0.15, 0.2) is 21.2 Å². The number of hydrogen-bond acceptors (Lipinski definition) is 6. The number of piperidine rings is 2. The molecule has 4 heterocycles. The van der Waals surface area contributed by atoms with Crippen LogP contribution in [-0.2, 0) is 6.54 Å². The summed E-state index contributed by atoms with van der Waals surface area (Å²) in [6, 6.07) is 0. The molecule has 0 atom stereocenters. The number of aromatic nitrogens is 2. The van der Waals surface area contributed by atoms with Crippen molar-refractivity contribution in [3.8, 4) is 0 Å². The number of rotatable bonds is 4. The third-order valence-corrected chi connectivity index (χ3v) is 5.34. The van der Waals surface area contributed by atoms with Crippen LogP contribution in [0.25, 0.3) is 0 Å². The predicted octanol–water partition coefficient (Wildman–Crippen LogP) is 2.98. The highest BCUT2D eigenvalue weighted by Gasteiger charge is 2.27. The number of nitrogens with zero attached hydrogens (tertiary/aromatic N) is 4. The zero-order chi connectivity index (χ0) is 17.9. The van der Waals surface area contributed by atoms with Crippen molar-refractivity contribution in [2.24, 2.45) is 0 Å². The van der Waals surface area contributed by atoms with Gasteiger partial charge in [-0.2, -0.15) is 0 Å². The smallest absolute Gasteiger partial charge is 0.291 e. The van der Waals surface area contributed by atoms with E-state index < -0.39 is 0 Å². The third-order valence-electron chi connectivity index (χ3n) is 5.34. The van der Waals surface area contributed by atoms with E-state index in [1.807, 2.05) is 11.8 Å². The minimum atomic E-state index is -0.0138. The van der Waals surface area contributed by atoms with Crippen LogP contribution in [0.2, 0.25) is 0 Å². The highest BCUT2D eigenvalue weighted by molar-refractivity contribution is 5.91. The van der Waals surface area contributed by atoms with Gasteiger partial charge in [-0.15, -0.1) is 0 Å². The molecule has 0 spiro atoms. The van der Waals surface area contributed by atoms with Gasteiger partial charge in [-0.3, -0.25) is 9.69 Å². The minimum absolute atomic E-state index is 0.0138. The first-order valence-corrected chi connectivity index (χ1v) is 9.58. The van der Waals surface area contributed by atoms with Crippen molar-refractivity contribution in [2.75, 3.05) is 26.2 Å². The largest absolute Gasteiger partial charge is 0.445 e. The zero-order valence-electron chi connectivity index (χ0n) is 15.3. The Hall–Kier alpha value is -2.15. The first-order chi connectivity index (χ1) is 12.7. The molecule has 26 heavy (non-hydrogen) atoms. The monoisotopic (exact) mass is 358 g/mol. The fraction of sp³-hybridized carbons (Fsp3) is 0.632. The molecule has 2 aliphatic heterocycles. The van der Waals surface area contributed by atoms with Gasteiger partial charge in [0.25, 0.3) is 5.91 Å². The lowest BCUT2D eigenvalue weighted by Gasteiger charge is -2.29. The van der Waals surface area contributed by atoms with Crippen LogP contribution in [0.3, 0.4) is 0 Å². The van der Waals surface area contributed by atoms with Crippen LogP contribution in [0, 0.1) is 6.92 Å². The molecule has 0 bridgehead atoms. The maximum Gasteiger partial charge on any atom is 0.291 e. The number of oxazole rings is 2. The minimum Gasteiger partial charge on any atom is -0.445 e. The first kappa shape index (κ1) is 17.3. The van der Waals surface area contributed by atoms with Gasteiger partial charge in [0.05, 0.1) is 18.9 Å². The second kappa shape index (κ2) is 7.61. The molecule has 0 N–H and O–H groups in total. The van der Waals surface area contributed by atoms with E-state index in [-0.39, 0.29) is 11.8 Å². The van der Waals surface area contributed by atoms with Crippen molar-refractivity contribution in [1.29, 1.82) is 0 Å². The Kier molecular flexibility index (Phi) is 5.06. The summed E-state index contributed by atoms with van der Waals surface area (Å²) < 4.78 is 11.4. The Balaban J connectivity index is 1.32. The average molecular weight is 358 g/mol. The molecule has 2 fully saturated rings. The van der Waals surface area contributed by atoms with E-state index in [1.54, 1.807) is 12.4 Å².